The average molecular weight is 336 g/mol. The normalized spacial score (nSPS) is 10.6. The molecule has 0 aliphatic carbocycles. The van der Waals surface area contributed by atoms with Crippen molar-refractivity contribution in [1.29, 1.82) is 0 Å². The summed E-state index contributed by atoms with van der Waals surface area (Å²) in [6, 6.07) is 14.0. The summed E-state index contributed by atoms with van der Waals surface area (Å²) >= 11 is 3.48. The van der Waals surface area contributed by atoms with Crippen LogP contribution in [0.5, 0.6) is 11.5 Å². The van der Waals surface area contributed by atoms with Gasteiger partial charge in [0.1, 0.15) is 11.5 Å². The average Bonchev–Trinajstić information content (AvgIpc) is 2.43. The molecule has 0 atom stereocenters. The van der Waals surface area contributed by atoms with Gasteiger partial charge in [-0.1, -0.05) is 34.1 Å². The van der Waals surface area contributed by atoms with E-state index in [1.165, 1.54) is 0 Å². The van der Waals surface area contributed by atoms with Gasteiger partial charge in [0.25, 0.3) is 0 Å². The molecule has 0 aromatic heterocycles. The van der Waals surface area contributed by atoms with E-state index in [0.717, 1.165) is 33.6 Å². The number of rotatable bonds is 6. The van der Waals surface area contributed by atoms with Crippen LogP contribution in [0.4, 0.5) is 0 Å². The smallest absolute Gasteiger partial charge is 0.133 e. The maximum Gasteiger partial charge on any atom is 0.133 e. The number of halogens is 1. The van der Waals surface area contributed by atoms with Gasteiger partial charge in [-0.2, -0.15) is 0 Å². The van der Waals surface area contributed by atoms with Crippen molar-refractivity contribution in [2.45, 2.75) is 13.2 Å². The van der Waals surface area contributed by atoms with E-state index in [2.05, 4.69) is 27.3 Å². The molecule has 3 nitrogen and oxygen atoms in total. The first-order chi connectivity index (χ1) is 9.72. The second kappa shape index (κ2) is 7.43. The fourth-order valence-corrected chi connectivity index (χ4v) is 2.29. The van der Waals surface area contributed by atoms with Crippen LogP contribution in [0.2, 0.25) is 0 Å². The zero-order valence-corrected chi connectivity index (χ0v) is 13.2. The summed E-state index contributed by atoms with van der Waals surface area (Å²) in [6.45, 7) is 1.35. The molecule has 0 bridgehead atoms. The van der Waals surface area contributed by atoms with Crippen molar-refractivity contribution in [3.8, 4) is 11.5 Å². The first-order valence-corrected chi connectivity index (χ1v) is 7.21. The zero-order chi connectivity index (χ0) is 14.4. The summed E-state index contributed by atoms with van der Waals surface area (Å²) in [4.78, 5) is 0. The van der Waals surface area contributed by atoms with E-state index in [0.29, 0.717) is 6.61 Å². The molecule has 0 aliphatic heterocycles. The minimum atomic E-state index is 0.582. The predicted molar refractivity (Wildman–Crippen MR) is 84.1 cm³/mol. The largest absolute Gasteiger partial charge is 0.457 e. The summed E-state index contributed by atoms with van der Waals surface area (Å²) in [6.07, 6.45) is 0. The van der Waals surface area contributed by atoms with Crippen molar-refractivity contribution in [1.82, 2.24) is 5.32 Å². The lowest BCUT2D eigenvalue weighted by atomic mass is 10.2. The molecule has 2 rings (SSSR count). The summed E-state index contributed by atoms with van der Waals surface area (Å²) < 4.78 is 12.1. The third kappa shape index (κ3) is 4.07. The Bertz CT molecular complexity index is 572. The van der Waals surface area contributed by atoms with Gasteiger partial charge in [-0.05, 0) is 36.9 Å². The molecule has 0 spiro atoms. The SMILES string of the molecule is CNCc1ccc(Br)cc1Oc1cccc(COC)c1. The lowest BCUT2D eigenvalue weighted by Crippen LogP contribution is -2.06. The van der Waals surface area contributed by atoms with Gasteiger partial charge in [0.05, 0.1) is 6.61 Å². The fraction of sp³-hybridized carbons (Fsp3) is 0.250. The highest BCUT2D eigenvalue weighted by Crippen LogP contribution is 2.29. The Kier molecular flexibility index (Phi) is 5.59. The van der Waals surface area contributed by atoms with Crippen molar-refractivity contribution in [2.24, 2.45) is 0 Å². The third-order valence-electron chi connectivity index (χ3n) is 2.83. The van der Waals surface area contributed by atoms with Crippen LogP contribution in [-0.4, -0.2) is 14.2 Å². The summed E-state index contributed by atoms with van der Waals surface area (Å²) in [7, 11) is 3.61. The van der Waals surface area contributed by atoms with Crippen molar-refractivity contribution < 1.29 is 9.47 Å². The Hall–Kier alpha value is -1.36. The van der Waals surface area contributed by atoms with Crippen LogP contribution >= 0.6 is 15.9 Å². The number of nitrogens with one attached hydrogen (secondary N) is 1. The van der Waals surface area contributed by atoms with E-state index in [1.54, 1.807) is 7.11 Å². The lowest BCUT2D eigenvalue weighted by molar-refractivity contribution is 0.184. The molecular weight excluding hydrogens is 318 g/mol. The van der Waals surface area contributed by atoms with Crippen molar-refractivity contribution in [3.63, 3.8) is 0 Å². The van der Waals surface area contributed by atoms with E-state index in [-0.39, 0.29) is 0 Å². The van der Waals surface area contributed by atoms with Gasteiger partial charge in [0.2, 0.25) is 0 Å². The zero-order valence-electron chi connectivity index (χ0n) is 11.7. The lowest BCUT2D eigenvalue weighted by Gasteiger charge is -2.12. The molecule has 0 aliphatic rings. The van der Waals surface area contributed by atoms with Crippen LogP contribution < -0.4 is 10.1 Å². The topological polar surface area (TPSA) is 30.5 Å². The molecule has 4 heteroatoms. The van der Waals surface area contributed by atoms with E-state index in [9.17, 15) is 0 Å². The molecule has 20 heavy (non-hydrogen) atoms. The minimum Gasteiger partial charge on any atom is -0.457 e. The number of hydrogen-bond donors (Lipinski definition) is 1. The van der Waals surface area contributed by atoms with Gasteiger partial charge in [-0.3, -0.25) is 0 Å². The Morgan fingerprint density at radius 2 is 2.00 bits per heavy atom. The van der Waals surface area contributed by atoms with Crippen LogP contribution in [0.3, 0.4) is 0 Å². The number of hydrogen-bond acceptors (Lipinski definition) is 3. The molecule has 2 aromatic rings. The van der Waals surface area contributed by atoms with Crippen molar-refractivity contribution in [2.75, 3.05) is 14.2 Å². The standard InChI is InChI=1S/C16H18BrNO2/c1-18-10-13-6-7-14(17)9-16(13)20-15-5-3-4-12(8-15)11-19-2/h3-9,18H,10-11H2,1-2H3. The second-order valence-electron chi connectivity index (χ2n) is 4.46. The van der Waals surface area contributed by atoms with Crippen LogP contribution in [0, 0.1) is 0 Å². The van der Waals surface area contributed by atoms with Crippen molar-refractivity contribution in [3.05, 3.63) is 58.1 Å². The van der Waals surface area contributed by atoms with E-state index in [1.807, 2.05) is 43.4 Å². The Balaban J connectivity index is 2.24. The quantitative estimate of drug-likeness (QED) is 0.861. The summed E-state index contributed by atoms with van der Waals surface area (Å²) in [5, 5.41) is 3.15. The highest BCUT2D eigenvalue weighted by molar-refractivity contribution is 9.10. The maximum absolute atomic E-state index is 6.00. The van der Waals surface area contributed by atoms with Crippen molar-refractivity contribution >= 4 is 15.9 Å². The molecule has 0 saturated heterocycles. The third-order valence-corrected chi connectivity index (χ3v) is 3.33. The molecule has 0 fully saturated rings. The first kappa shape index (κ1) is 15.0. The first-order valence-electron chi connectivity index (χ1n) is 6.41. The molecule has 2 aromatic carbocycles. The minimum absolute atomic E-state index is 0.582. The Labute approximate surface area is 128 Å². The molecule has 106 valence electrons. The van der Waals surface area contributed by atoms with E-state index in [4.69, 9.17) is 9.47 Å². The molecule has 0 saturated carbocycles. The number of methoxy groups -OCH3 is 1. The van der Waals surface area contributed by atoms with Gasteiger partial charge in [0.15, 0.2) is 0 Å². The van der Waals surface area contributed by atoms with Gasteiger partial charge in [-0.25, -0.2) is 0 Å². The maximum atomic E-state index is 6.00. The summed E-state index contributed by atoms with van der Waals surface area (Å²) in [5.74, 6) is 1.67. The summed E-state index contributed by atoms with van der Waals surface area (Å²) in [5.41, 5.74) is 2.21. The van der Waals surface area contributed by atoms with Gasteiger partial charge in [0, 0.05) is 23.7 Å². The van der Waals surface area contributed by atoms with Gasteiger partial charge in [-0.15, -0.1) is 0 Å². The van der Waals surface area contributed by atoms with E-state index < -0.39 is 0 Å². The molecule has 0 heterocycles. The van der Waals surface area contributed by atoms with Gasteiger partial charge < -0.3 is 14.8 Å². The van der Waals surface area contributed by atoms with Crippen LogP contribution in [-0.2, 0) is 17.9 Å². The van der Waals surface area contributed by atoms with Gasteiger partial charge >= 0.3 is 0 Å². The number of ether oxygens (including phenoxy) is 2. The highest BCUT2D eigenvalue weighted by Gasteiger charge is 2.06. The van der Waals surface area contributed by atoms with Crippen LogP contribution in [0.1, 0.15) is 11.1 Å². The van der Waals surface area contributed by atoms with E-state index >= 15 is 0 Å². The Morgan fingerprint density at radius 3 is 2.75 bits per heavy atom. The number of benzene rings is 2. The molecule has 1 N–H and O–H groups in total. The van der Waals surface area contributed by atoms with Crippen LogP contribution in [0.15, 0.2) is 46.9 Å². The molecular formula is C16H18BrNO2. The second-order valence-corrected chi connectivity index (χ2v) is 5.38. The molecule has 0 amide bonds. The fourth-order valence-electron chi connectivity index (χ4n) is 1.95. The Morgan fingerprint density at radius 1 is 1.15 bits per heavy atom. The van der Waals surface area contributed by atoms with Crippen LogP contribution in [0.25, 0.3) is 0 Å². The predicted octanol–water partition coefficient (Wildman–Crippen LogP) is 4.11. The highest BCUT2D eigenvalue weighted by atomic mass is 79.9. The molecule has 0 unspecified atom stereocenters. The molecule has 0 radical (unpaired) electrons. The monoisotopic (exact) mass is 335 g/mol.